The fourth-order valence-corrected chi connectivity index (χ4v) is 2.27. The van der Waals surface area contributed by atoms with E-state index in [4.69, 9.17) is 0 Å². The minimum absolute atomic E-state index is 0. The van der Waals surface area contributed by atoms with Crippen LogP contribution in [0.4, 0.5) is 0 Å². The van der Waals surface area contributed by atoms with Gasteiger partial charge in [-0.25, -0.2) is 0 Å². The van der Waals surface area contributed by atoms with E-state index in [-0.39, 0.29) is 24.0 Å². The highest BCUT2D eigenvalue weighted by molar-refractivity contribution is 14.0. The molecule has 1 aromatic carbocycles. The maximum absolute atomic E-state index is 4.34. The van der Waals surface area contributed by atoms with Gasteiger partial charge in [-0.15, -0.1) is 34.2 Å². The number of aryl methyl sites for hydroxylation is 2. The van der Waals surface area contributed by atoms with Crippen LogP contribution in [-0.4, -0.2) is 39.7 Å². The van der Waals surface area contributed by atoms with Gasteiger partial charge in [0.05, 0.1) is 6.54 Å². The van der Waals surface area contributed by atoms with E-state index in [0.29, 0.717) is 6.54 Å². The van der Waals surface area contributed by atoms with E-state index < -0.39 is 0 Å². The molecule has 0 amide bonds. The van der Waals surface area contributed by atoms with E-state index in [0.717, 1.165) is 24.2 Å². The molecule has 0 saturated carbocycles. The molecular formula is C16H25IN6. The molecule has 0 saturated heterocycles. The predicted octanol–water partition coefficient (Wildman–Crippen LogP) is 2.26. The number of hydrogen-bond acceptors (Lipinski definition) is 3. The first kappa shape index (κ1) is 19.4. The lowest BCUT2D eigenvalue weighted by molar-refractivity contribution is 0.473. The molecule has 0 fully saturated rings. The highest BCUT2D eigenvalue weighted by Gasteiger charge is 2.10. The average Bonchev–Trinajstić information content (AvgIpc) is 2.82. The standard InChI is InChI=1S/C16H24N6.HI/c1-12-8-6-7-9-14(12)11-21(4)16(17-3)18-10-15-20-19-13(2)22(15)5;/h6-9H,10-11H2,1-5H3,(H,17,18);1H. The van der Waals surface area contributed by atoms with Crippen LogP contribution in [0.15, 0.2) is 29.3 Å². The molecule has 0 bridgehead atoms. The Kier molecular flexibility index (Phi) is 7.47. The van der Waals surface area contributed by atoms with Crippen LogP contribution >= 0.6 is 24.0 Å². The van der Waals surface area contributed by atoms with Gasteiger partial charge in [0.1, 0.15) is 5.82 Å². The topological polar surface area (TPSA) is 58.3 Å². The van der Waals surface area contributed by atoms with E-state index in [9.17, 15) is 0 Å². The summed E-state index contributed by atoms with van der Waals surface area (Å²) < 4.78 is 1.97. The highest BCUT2D eigenvalue weighted by Crippen LogP contribution is 2.09. The van der Waals surface area contributed by atoms with Crippen LogP contribution in [0.2, 0.25) is 0 Å². The number of hydrogen-bond donors (Lipinski definition) is 1. The summed E-state index contributed by atoms with van der Waals surface area (Å²) in [6.45, 7) is 5.48. The minimum atomic E-state index is 0. The Morgan fingerprint density at radius 1 is 1.26 bits per heavy atom. The van der Waals surface area contributed by atoms with Gasteiger partial charge in [0, 0.05) is 27.7 Å². The Morgan fingerprint density at radius 2 is 1.96 bits per heavy atom. The first-order chi connectivity index (χ1) is 10.5. The van der Waals surface area contributed by atoms with Crippen molar-refractivity contribution >= 4 is 29.9 Å². The lowest BCUT2D eigenvalue weighted by atomic mass is 10.1. The molecular weight excluding hydrogens is 403 g/mol. The Hall–Kier alpha value is -1.64. The molecule has 0 aliphatic carbocycles. The molecule has 0 radical (unpaired) electrons. The van der Waals surface area contributed by atoms with E-state index in [1.807, 2.05) is 25.6 Å². The van der Waals surface area contributed by atoms with E-state index >= 15 is 0 Å². The molecule has 7 heteroatoms. The Morgan fingerprint density at radius 3 is 2.52 bits per heavy atom. The van der Waals surface area contributed by atoms with Crippen LogP contribution in [0.25, 0.3) is 0 Å². The van der Waals surface area contributed by atoms with Gasteiger partial charge >= 0.3 is 0 Å². The average molecular weight is 428 g/mol. The number of aliphatic imine (C=N–C) groups is 1. The third kappa shape index (κ3) is 4.92. The number of rotatable bonds is 4. The van der Waals surface area contributed by atoms with Gasteiger partial charge in [-0.3, -0.25) is 4.99 Å². The molecule has 0 aliphatic heterocycles. The number of aromatic nitrogens is 3. The number of guanidine groups is 1. The van der Waals surface area contributed by atoms with Crippen molar-refractivity contribution in [2.24, 2.45) is 12.0 Å². The van der Waals surface area contributed by atoms with Crippen molar-refractivity contribution in [2.75, 3.05) is 14.1 Å². The van der Waals surface area contributed by atoms with Crippen LogP contribution < -0.4 is 5.32 Å². The molecule has 0 unspecified atom stereocenters. The molecule has 1 aromatic heterocycles. The summed E-state index contributed by atoms with van der Waals surface area (Å²) in [6, 6.07) is 8.39. The fourth-order valence-electron chi connectivity index (χ4n) is 2.27. The normalized spacial score (nSPS) is 11.1. The SMILES string of the molecule is CN=C(NCc1nnc(C)n1C)N(C)Cc1ccccc1C.I. The summed E-state index contributed by atoms with van der Waals surface area (Å²) in [6.07, 6.45) is 0. The maximum atomic E-state index is 4.34. The van der Waals surface area contributed by atoms with E-state index in [1.54, 1.807) is 7.05 Å². The minimum Gasteiger partial charge on any atom is -0.349 e. The monoisotopic (exact) mass is 428 g/mol. The summed E-state index contributed by atoms with van der Waals surface area (Å²) in [5.74, 6) is 2.63. The molecule has 1 heterocycles. The van der Waals surface area contributed by atoms with Crippen molar-refractivity contribution in [1.29, 1.82) is 0 Å². The van der Waals surface area contributed by atoms with Gasteiger partial charge in [0.15, 0.2) is 11.8 Å². The smallest absolute Gasteiger partial charge is 0.194 e. The zero-order valence-electron chi connectivity index (χ0n) is 14.4. The molecule has 6 nitrogen and oxygen atoms in total. The fraction of sp³-hybridized carbons (Fsp3) is 0.438. The predicted molar refractivity (Wildman–Crippen MR) is 104 cm³/mol. The quantitative estimate of drug-likeness (QED) is 0.461. The van der Waals surface area contributed by atoms with E-state index in [1.165, 1.54) is 11.1 Å². The molecule has 0 aliphatic rings. The van der Waals surface area contributed by atoms with Gasteiger partial charge in [-0.2, -0.15) is 0 Å². The van der Waals surface area contributed by atoms with Gasteiger partial charge in [-0.05, 0) is 25.0 Å². The summed E-state index contributed by atoms with van der Waals surface area (Å²) in [4.78, 5) is 6.44. The first-order valence-electron chi connectivity index (χ1n) is 7.34. The van der Waals surface area contributed by atoms with Crippen molar-refractivity contribution in [3.05, 3.63) is 47.0 Å². The van der Waals surface area contributed by atoms with Crippen LogP contribution in [0.3, 0.4) is 0 Å². The summed E-state index contributed by atoms with van der Waals surface area (Å²) in [7, 11) is 5.79. The van der Waals surface area contributed by atoms with Crippen molar-refractivity contribution in [3.8, 4) is 0 Å². The summed E-state index contributed by atoms with van der Waals surface area (Å²) in [5, 5.41) is 11.6. The second-order valence-corrected chi connectivity index (χ2v) is 5.41. The second kappa shape index (κ2) is 8.85. The molecule has 2 aromatic rings. The van der Waals surface area contributed by atoms with Crippen molar-refractivity contribution in [3.63, 3.8) is 0 Å². The third-order valence-electron chi connectivity index (χ3n) is 3.83. The largest absolute Gasteiger partial charge is 0.349 e. The van der Waals surface area contributed by atoms with Crippen LogP contribution in [-0.2, 0) is 20.1 Å². The van der Waals surface area contributed by atoms with Crippen molar-refractivity contribution < 1.29 is 0 Å². The van der Waals surface area contributed by atoms with Crippen molar-refractivity contribution in [2.45, 2.75) is 26.9 Å². The van der Waals surface area contributed by atoms with Gasteiger partial charge in [0.25, 0.3) is 0 Å². The molecule has 0 spiro atoms. The van der Waals surface area contributed by atoms with Crippen LogP contribution in [0, 0.1) is 13.8 Å². The molecule has 1 N–H and O–H groups in total. The summed E-state index contributed by atoms with van der Waals surface area (Å²) in [5.41, 5.74) is 2.58. The zero-order chi connectivity index (χ0) is 16.1. The Labute approximate surface area is 155 Å². The Bertz CT molecular complexity index is 664. The van der Waals surface area contributed by atoms with Gasteiger partial charge in [-0.1, -0.05) is 24.3 Å². The zero-order valence-corrected chi connectivity index (χ0v) is 16.7. The number of halogens is 1. The molecule has 126 valence electrons. The van der Waals surface area contributed by atoms with Gasteiger partial charge in [0.2, 0.25) is 0 Å². The lowest BCUT2D eigenvalue weighted by Crippen LogP contribution is -2.38. The maximum Gasteiger partial charge on any atom is 0.194 e. The van der Waals surface area contributed by atoms with E-state index in [2.05, 4.69) is 56.6 Å². The third-order valence-corrected chi connectivity index (χ3v) is 3.83. The van der Waals surface area contributed by atoms with Gasteiger partial charge < -0.3 is 14.8 Å². The lowest BCUT2D eigenvalue weighted by Gasteiger charge is -2.22. The molecule has 23 heavy (non-hydrogen) atoms. The van der Waals surface area contributed by atoms with Crippen molar-refractivity contribution in [1.82, 2.24) is 25.0 Å². The number of benzene rings is 1. The number of nitrogens with zero attached hydrogens (tertiary/aromatic N) is 5. The number of nitrogens with one attached hydrogen (secondary N) is 1. The molecule has 0 atom stereocenters. The second-order valence-electron chi connectivity index (χ2n) is 5.41. The van der Waals surface area contributed by atoms with Crippen LogP contribution in [0.5, 0.6) is 0 Å². The molecule has 2 rings (SSSR count). The Balaban J connectivity index is 0.00000264. The van der Waals surface area contributed by atoms with Crippen LogP contribution in [0.1, 0.15) is 22.8 Å². The first-order valence-corrected chi connectivity index (χ1v) is 7.34. The summed E-state index contributed by atoms with van der Waals surface area (Å²) >= 11 is 0. The highest BCUT2D eigenvalue weighted by atomic mass is 127.